The minimum atomic E-state index is -0.978. The third-order valence-electron chi connectivity index (χ3n) is 12.3. The predicted molar refractivity (Wildman–Crippen MR) is 230 cm³/mol. The predicted octanol–water partition coefficient (Wildman–Crippen LogP) is 6.76. The molecular weight excluding hydrogens is 824 g/mol. The number of pyridine rings is 1. The molecule has 4 amide bonds. The van der Waals surface area contributed by atoms with Gasteiger partial charge in [-0.1, -0.05) is 42.1 Å². The number of anilines is 2. The zero-order valence-electron chi connectivity index (χ0n) is 34.0. The van der Waals surface area contributed by atoms with E-state index >= 15 is 0 Å². The molecule has 8 rings (SSSR count). The van der Waals surface area contributed by atoms with Crippen molar-refractivity contribution in [1.82, 2.24) is 34.8 Å². The largest absolute Gasteiger partial charge is 0.482 e. The van der Waals surface area contributed by atoms with E-state index in [-0.39, 0.29) is 29.2 Å². The van der Waals surface area contributed by atoms with Crippen molar-refractivity contribution in [1.29, 1.82) is 0 Å². The van der Waals surface area contributed by atoms with Crippen LogP contribution in [-0.4, -0.2) is 105 Å². The van der Waals surface area contributed by atoms with Crippen LogP contribution in [0, 0.1) is 11.7 Å². The maximum atomic E-state index is 14.2. The third kappa shape index (κ3) is 9.25. The average Bonchev–Trinajstić information content (AvgIpc) is 3.82. The van der Waals surface area contributed by atoms with Crippen LogP contribution in [0.1, 0.15) is 96.7 Å². The number of unbranched alkanes of at least 4 members (excludes halogenated alkanes) is 3. The van der Waals surface area contributed by atoms with Gasteiger partial charge in [0, 0.05) is 84.9 Å². The van der Waals surface area contributed by atoms with Gasteiger partial charge in [-0.2, -0.15) is 5.10 Å². The van der Waals surface area contributed by atoms with E-state index in [1.54, 1.807) is 37.4 Å². The first-order valence-corrected chi connectivity index (χ1v) is 21.8. The number of piperidine rings is 2. The van der Waals surface area contributed by atoms with E-state index in [9.17, 15) is 23.6 Å². The fraction of sp³-hybridized carbons (Fsp3) is 0.455. The highest BCUT2D eigenvalue weighted by Crippen LogP contribution is 2.38. The number of nitrogens with zero attached hydrogens (tertiary/aromatic N) is 6. The van der Waals surface area contributed by atoms with Crippen LogP contribution in [0.3, 0.4) is 0 Å². The number of likely N-dealkylation sites (tertiary alicyclic amines) is 2. The number of carbonyl (C=O) groups excluding carboxylic acids is 4. The molecule has 3 fully saturated rings. The van der Waals surface area contributed by atoms with Gasteiger partial charge < -0.3 is 25.6 Å². The van der Waals surface area contributed by atoms with Crippen LogP contribution < -0.4 is 21.1 Å². The summed E-state index contributed by atoms with van der Waals surface area (Å²) in [5.74, 6) is -1.58. The minimum absolute atomic E-state index is 0.0870. The summed E-state index contributed by atoms with van der Waals surface area (Å²) < 4.78 is 22.3. The van der Waals surface area contributed by atoms with E-state index in [4.69, 9.17) is 38.8 Å². The van der Waals surface area contributed by atoms with Gasteiger partial charge in [-0.15, -0.1) is 0 Å². The quantitative estimate of drug-likeness (QED) is 0.0619. The van der Waals surface area contributed by atoms with Gasteiger partial charge in [-0.25, -0.2) is 9.37 Å². The van der Waals surface area contributed by atoms with Crippen molar-refractivity contribution in [3.05, 3.63) is 87.5 Å². The molecule has 4 N–H and O–H groups in total. The van der Waals surface area contributed by atoms with Crippen molar-refractivity contribution < 1.29 is 28.3 Å². The standard InChI is InChI=1S/C44H50Cl2FN9O5/c1-26(38-32(45)9-10-33(47)40(38)46)61-36-19-28(21-50-41(36)48)29-22-51-55(25-29)30-13-17-53(18-14-30)15-4-2-3-5-16-54-23-27(24-54)20-49-34-8-6-7-31-39(34)44(60)56(43(31)59)35-11-12-37(57)52-42(35)58/h6-10,19,21-22,25-27,30,35,49H,2-5,11-18,20,23-24H2,1H3,(H2,48,50)(H,52,57,58)/t26-,35?/m1/s1. The molecule has 14 nitrogen and oxygen atoms in total. The third-order valence-corrected chi connectivity index (χ3v) is 13.0. The summed E-state index contributed by atoms with van der Waals surface area (Å²) in [6.07, 6.45) is 11.9. The van der Waals surface area contributed by atoms with Gasteiger partial charge in [0.15, 0.2) is 11.6 Å². The Morgan fingerprint density at radius 3 is 2.46 bits per heavy atom. The second kappa shape index (κ2) is 18.5. The van der Waals surface area contributed by atoms with Crippen LogP contribution in [0.15, 0.2) is 55.0 Å². The number of benzene rings is 2. The summed E-state index contributed by atoms with van der Waals surface area (Å²) in [6.45, 7) is 8.62. The van der Waals surface area contributed by atoms with Crippen LogP contribution in [0.4, 0.5) is 15.9 Å². The van der Waals surface area contributed by atoms with E-state index in [1.165, 1.54) is 31.4 Å². The Labute approximate surface area is 363 Å². The minimum Gasteiger partial charge on any atom is -0.482 e. The van der Waals surface area contributed by atoms with Crippen molar-refractivity contribution in [2.24, 2.45) is 5.92 Å². The number of rotatable bonds is 16. The molecule has 322 valence electrons. The molecule has 0 bridgehead atoms. The lowest BCUT2D eigenvalue weighted by molar-refractivity contribution is -0.136. The Bertz CT molecular complexity index is 2310. The van der Waals surface area contributed by atoms with E-state index in [2.05, 4.69) is 25.4 Å². The lowest BCUT2D eigenvalue weighted by Crippen LogP contribution is -2.54. The van der Waals surface area contributed by atoms with Crippen molar-refractivity contribution in [2.75, 3.05) is 56.9 Å². The maximum Gasteiger partial charge on any atom is 0.264 e. The molecule has 6 heterocycles. The van der Waals surface area contributed by atoms with E-state index in [0.29, 0.717) is 46.1 Å². The molecule has 3 saturated heterocycles. The number of nitrogens with one attached hydrogen (secondary N) is 2. The van der Waals surface area contributed by atoms with Crippen LogP contribution in [0.5, 0.6) is 5.75 Å². The topological polar surface area (TPSA) is 168 Å². The Morgan fingerprint density at radius 2 is 1.70 bits per heavy atom. The van der Waals surface area contributed by atoms with Gasteiger partial charge in [0.05, 0.1) is 28.4 Å². The van der Waals surface area contributed by atoms with Crippen molar-refractivity contribution in [2.45, 2.75) is 76.5 Å². The Hall–Kier alpha value is -5.09. The highest BCUT2D eigenvalue weighted by Gasteiger charge is 2.45. The number of ether oxygens (including phenoxy) is 1. The molecule has 4 aliphatic rings. The second-order valence-electron chi connectivity index (χ2n) is 16.5. The highest BCUT2D eigenvalue weighted by atomic mass is 35.5. The summed E-state index contributed by atoms with van der Waals surface area (Å²) in [4.78, 5) is 60.9. The molecule has 0 radical (unpaired) electrons. The van der Waals surface area contributed by atoms with E-state index < -0.39 is 41.6 Å². The van der Waals surface area contributed by atoms with Crippen LogP contribution in [-0.2, 0) is 9.59 Å². The molecule has 0 saturated carbocycles. The molecule has 2 aromatic heterocycles. The maximum absolute atomic E-state index is 14.2. The number of fused-ring (bicyclic) bond motifs is 1. The van der Waals surface area contributed by atoms with Crippen molar-refractivity contribution in [3.63, 3.8) is 0 Å². The number of carbonyl (C=O) groups is 4. The number of imide groups is 2. The normalized spacial score (nSPS) is 19.5. The molecule has 2 aromatic carbocycles. The molecule has 0 spiro atoms. The first kappa shape index (κ1) is 42.6. The van der Waals surface area contributed by atoms with E-state index in [1.807, 2.05) is 17.1 Å². The number of aromatic nitrogens is 3. The summed E-state index contributed by atoms with van der Waals surface area (Å²) in [5.41, 5.74) is 9.38. The van der Waals surface area contributed by atoms with Gasteiger partial charge in [-0.05, 0) is 82.4 Å². The Kier molecular flexibility index (Phi) is 12.9. The monoisotopic (exact) mass is 873 g/mol. The number of nitrogen functional groups attached to an aromatic ring is 1. The number of halogens is 3. The molecule has 1 unspecified atom stereocenters. The van der Waals surface area contributed by atoms with Gasteiger partial charge in [0.1, 0.15) is 18.0 Å². The van der Waals surface area contributed by atoms with Crippen LogP contribution >= 0.6 is 23.2 Å². The fourth-order valence-corrected chi connectivity index (χ4v) is 9.57. The summed E-state index contributed by atoms with van der Waals surface area (Å²) in [7, 11) is 0. The lowest BCUT2D eigenvalue weighted by Gasteiger charge is -2.39. The smallest absolute Gasteiger partial charge is 0.264 e. The zero-order chi connectivity index (χ0) is 42.8. The van der Waals surface area contributed by atoms with Crippen LogP contribution in [0.25, 0.3) is 11.1 Å². The zero-order valence-corrected chi connectivity index (χ0v) is 35.6. The summed E-state index contributed by atoms with van der Waals surface area (Å²) in [6, 6.07) is 8.97. The molecule has 17 heteroatoms. The lowest BCUT2D eigenvalue weighted by atomic mass is 9.98. The number of nitrogens with two attached hydrogens (primary N) is 1. The van der Waals surface area contributed by atoms with Gasteiger partial charge >= 0.3 is 0 Å². The number of amides is 4. The molecule has 4 aromatic rings. The molecule has 2 atom stereocenters. The average molecular weight is 875 g/mol. The van der Waals surface area contributed by atoms with Crippen molar-refractivity contribution in [3.8, 4) is 16.9 Å². The molecular formula is C44H50Cl2FN9O5. The summed E-state index contributed by atoms with van der Waals surface area (Å²) in [5, 5.41) is 10.5. The fourth-order valence-electron chi connectivity index (χ4n) is 8.90. The number of hydrogen-bond donors (Lipinski definition) is 3. The SMILES string of the molecule is C[C@@H](Oc1cc(-c2cnn(C3CCN(CCCCCCN4CC(CNc5cccc6c5C(=O)N(C5CCC(=O)NC5=O)C6=O)C4)CC3)c2)cnc1N)c1c(Cl)ccc(F)c1Cl. The van der Waals surface area contributed by atoms with Gasteiger partial charge in [0.25, 0.3) is 11.8 Å². The van der Waals surface area contributed by atoms with Crippen molar-refractivity contribution >= 4 is 58.3 Å². The Morgan fingerprint density at radius 1 is 0.951 bits per heavy atom. The Balaban J connectivity index is 0.710. The molecule has 4 aliphatic heterocycles. The first-order valence-electron chi connectivity index (χ1n) is 21.1. The van der Waals surface area contributed by atoms with Gasteiger partial charge in [-0.3, -0.25) is 34.1 Å². The second-order valence-corrected chi connectivity index (χ2v) is 17.3. The summed E-state index contributed by atoms with van der Waals surface area (Å²) >= 11 is 12.5. The van der Waals surface area contributed by atoms with Gasteiger partial charge in [0.2, 0.25) is 11.8 Å². The molecule has 61 heavy (non-hydrogen) atoms. The molecule has 0 aliphatic carbocycles. The first-order chi connectivity index (χ1) is 29.4. The van der Waals surface area contributed by atoms with Crippen LogP contribution in [0.2, 0.25) is 10.0 Å². The number of hydrogen-bond acceptors (Lipinski definition) is 11. The van der Waals surface area contributed by atoms with E-state index in [0.717, 1.165) is 74.6 Å². The highest BCUT2D eigenvalue weighted by molar-refractivity contribution is 6.36.